The number of nitrogens with zero attached hydrogens (tertiary/aromatic N) is 2. The number of likely N-dealkylation sites (tertiary alicyclic amines) is 1. The van der Waals surface area contributed by atoms with Gasteiger partial charge in [-0.1, -0.05) is 29.8 Å². The Hall–Kier alpha value is -1.68. The number of nitrogens with one attached hydrogen (secondary N) is 2. The number of imide groups is 1. The van der Waals surface area contributed by atoms with Crippen molar-refractivity contribution < 1.29 is 14.0 Å². The van der Waals surface area contributed by atoms with Crippen LogP contribution in [-0.2, 0) is 9.59 Å². The normalized spacial score (nSPS) is 32.2. The molecule has 172 valence electrons. The Morgan fingerprint density at radius 2 is 1.88 bits per heavy atom. The molecule has 5 rings (SSSR count). The summed E-state index contributed by atoms with van der Waals surface area (Å²) in [5.41, 5.74) is 0.553. The number of allylic oxidation sites excluding steroid dienone is 2. The molecule has 2 N–H and O–H groups in total. The molecule has 6 atom stereocenters. The Morgan fingerprint density at radius 1 is 1.19 bits per heavy atom. The van der Waals surface area contributed by atoms with Gasteiger partial charge in [-0.3, -0.25) is 19.5 Å². The summed E-state index contributed by atoms with van der Waals surface area (Å²) in [6, 6.07) is 4.82. The Balaban J connectivity index is 0.00000245. The van der Waals surface area contributed by atoms with Gasteiger partial charge in [0.2, 0.25) is 11.8 Å². The number of benzene rings is 1. The topological polar surface area (TPSA) is 73.8 Å². The van der Waals surface area contributed by atoms with E-state index in [0.29, 0.717) is 36.1 Å². The number of amides is 2. The largest absolute Gasteiger partial charge is 0.356 e. The van der Waals surface area contributed by atoms with Crippen LogP contribution in [0.25, 0.3) is 0 Å². The lowest BCUT2D eigenvalue weighted by atomic mass is 9.85. The molecule has 4 aliphatic rings. The predicted molar refractivity (Wildman–Crippen MR) is 132 cm³/mol. The highest BCUT2D eigenvalue weighted by molar-refractivity contribution is 14.0. The maximum atomic E-state index is 14.1. The third kappa shape index (κ3) is 4.04. The number of fused-ring (bicyclic) bond motifs is 5. The fourth-order valence-electron chi connectivity index (χ4n) is 5.54. The van der Waals surface area contributed by atoms with E-state index in [2.05, 4.69) is 27.8 Å². The molecular weight excluding hydrogens is 546 g/mol. The molecular formula is C23H27ClFIN4O2. The highest BCUT2D eigenvalue weighted by atomic mass is 127. The monoisotopic (exact) mass is 572 g/mol. The van der Waals surface area contributed by atoms with Crippen molar-refractivity contribution in [3.8, 4) is 0 Å². The van der Waals surface area contributed by atoms with Crippen LogP contribution in [0.1, 0.15) is 30.7 Å². The second-order valence-corrected chi connectivity index (χ2v) is 9.32. The predicted octanol–water partition coefficient (Wildman–Crippen LogP) is 3.32. The summed E-state index contributed by atoms with van der Waals surface area (Å²) in [6.45, 7) is 1.00. The minimum atomic E-state index is -0.280. The lowest BCUT2D eigenvalue weighted by molar-refractivity contribution is -0.140. The van der Waals surface area contributed by atoms with Crippen molar-refractivity contribution in [3.05, 3.63) is 46.8 Å². The van der Waals surface area contributed by atoms with Gasteiger partial charge >= 0.3 is 0 Å². The molecule has 0 radical (unpaired) electrons. The summed E-state index contributed by atoms with van der Waals surface area (Å²) >= 11 is 6.17. The van der Waals surface area contributed by atoms with Gasteiger partial charge in [0.1, 0.15) is 5.82 Å². The number of halogens is 3. The van der Waals surface area contributed by atoms with Gasteiger partial charge in [-0.2, -0.15) is 0 Å². The van der Waals surface area contributed by atoms with Gasteiger partial charge in [0.05, 0.1) is 11.8 Å². The van der Waals surface area contributed by atoms with Gasteiger partial charge in [-0.05, 0) is 43.2 Å². The second-order valence-electron chi connectivity index (χ2n) is 8.91. The summed E-state index contributed by atoms with van der Waals surface area (Å²) < 4.78 is 14.1. The van der Waals surface area contributed by atoms with Gasteiger partial charge < -0.3 is 10.6 Å². The molecule has 2 bridgehead atoms. The first-order valence-electron chi connectivity index (χ1n) is 10.9. The lowest BCUT2D eigenvalue weighted by Gasteiger charge is -2.18. The van der Waals surface area contributed by atoms with Gasteiger partial charge in [-0.15, -0.1) is 24.0 Å². The molecule has 1 aromatic rings. The summed E-state index contributed by atoms with van der Waals surface area (Å²) in [4.78, 5) is 31.1. The van der Waals surface area contributed by atoms with E-state index < -0.39 is 0 Å². The fourth-order valence-corrected chi connectivity index (χ4v) is 5.84. The van der Waals surface area contributed by atoms with Crippen molar-refractivity contribution in [2.45, 2.75) is 31.2 Å². The highest BCUT2D eigenvalue weighted by Gasteiger charge is 2.58. The van der Waals surface area contributed by atoms with E-state index in [1.807, 2.05) is 0 Å². The quantitative estimate of drug-likeness (QED) is 0.137. The van der Waals surface area contributed by atoms with Crippen molar-refractivity contribution in [3.63, 3.8) is 0 Å². The zero-order chi connectivity index (χ0) is 21.7. The maximum absolute atomic E-state index is 14.1. The summed E-state index contributed by atoms with van der Waals surface area (Å²) in [7, 11) is 1.68. The Kier molecular flexibility index (Phi) is 6.81. The van der Waals surface area contributed by atoms with E-state index in [1.54, 1.807) is 19.2 Å². The molecule has 2 saturated carbocycles. The fraction of sp³-hybridized carbons (Fsp3) is 0.522. The number of aliphatic imine (C=N–C) groups is 1. The maximum Gasteiger partial charge on any atom is 0.233 e. The first-order valence-corrected chi connectivity index (χ1v) is 11.3. The lowest BCUT2D eigenvalue weighted by Crippen LogP contribution is -2.41. The minimum absolute atomic E-state index is 0. The highest BCUT2D eigenvalue weighted by Crippen LogP contribution is 2.52. The number of hydrogen-bond donors (Lipinski definition) is 2. The van der Waals surface area contributed by atoms with E-state index in [9.17, 15) is 14.0 Å². The number of hydrogen-bond acceptors (Lipinski definition) is 3. The van der Waals surface area contributed by atoms with Crippen molar-refractivity contribution in [1.82, 2.24) is 15.5 Å². The van der Waals surface area contributed by atoms with E-state index in [1.165, 1.54) is 11.0 Å². The van der Waals surface area contributed by atoms with E-state index >= 15 is 0 Å². The number of carbonyl (C=O) groups is 2. The van der Waals surface area contributed by atoms with Crippen LogP contribution in [0.4, 0.5) is 4.39 Å². The molecule has 32 heavy (non-hydrogen) atoms. The SMILES string of the molecule is CN=C(NCCCN1C(=O)C2C3C=CC(C3)C2C1=O)NC1CC1c1c(F)cccc1Cl.I. The van der Waals surface area contributed by atoms with Gasteiger partial charge in [-0.25, -0.2) is 4.39 Å². The molecule has 6 unspecified atom stereocenters. The van der Waals surface area contributed by atoms with Gasteiger partial charge in [0.15, 0.2) is 5.96 Å². The van der Waals surface area contributed by atoms with E-state index in [0.717, 1.165) is 12.8 Å². The van der Waals surface area contributed by atoms with Crippen LogP contribution in [0.5, 0.6) is 0 Å². The van der Waals surface area contributed by atoms with Crippen LogP contribution in [0.2, 0.25) is 5.02 Å². The molecule has 3 aliphatic carbocycles. The average Bonchev–Trinajstić information content (AvgIpc) is 3.08. The van der Waals surface area contributed by atoms with Crippen molar-refractivity contribution in [2.75, 3.05) is 20.1 Å². The average molecular weight is 573 g/mol. The Labute approximate surface area is 209 Å². The van der Waals surface area contributed by atoms with E-state index in [-0.39, 0.29) is 77.2 Å². The number of carbonyl (C=O) groups excluding carboxylic acids is 2. The third-order valence-electron chi connectivity index (χ3n) is 7.12. The molecule has 6 nitrogen and oxygen atoms in total. The summed E-state index contributed by atoms with van der Waals surface area (Å²) in [5, 5.41) is 6.98. The Bertz CT molecular complexity index is 936. The van der Waals surface area contributed by atoms with Crippen LogP contribution < -0.4 is 10.6 Å². The first-order chi connectivity index (χ1) is 15.0. The molecule has 1 aliphatic heterocycles. The zero-order valence-corrected chi connectivity index (χ0v) is 20.8. The molecule has 1 saturated heterocycles. The van der Waals surface area contributed by atoms with Crippen LogP contribution >= 0.6 is 35.6 Å². The standard InChI is InChI=1S/C23H26ClFN4O2.HI/c1-26-23(28-17-11-14(17)20-15(24)4-2-5-16(20)25)27-8-3-9-29-21(30)18-12-6-7-13(10-12)19(18)22(29)31;/h2,4-7,12-14,17-19H,3,8-11H2,1H3,(H2,26,27,28);1H. The van der Waals surface area contributed by atoms with Crippen LogP contribution in [0.3, 0.4) is 0 Å². The molecule has 2 amide bonds. The molecule has 1 aromatic carbocycles. The Morgan fingerprint density at radius 3 is 2.50 bits per heavy atom. The first kappa shape index (κ1) is 23.5. The summed E-state index contributed by atoms with van der Waals surface area (Å²) in [6.07, 6.45) is 6.60. The van der Waals surface area contributed by atoms with E-state index in [4.69, 9.17) is 11.6 Å². The van der Waals surface area contributed by atoms with Crippen LogP contribution in [-0.4, -0.2) is 48.9 Å². The molecule has 0 aromatic heterocycles. The van der Waals surface area contributed by atoms with Gasteiger partial charge in [0.25, 0.3) is 0 Å². The molecule has 9 heteroatoms. The van der Waals surface area contributed by atoms with Crippen molar-refractivity contribution in [2.24, 2.45) is 28.7 Å². The van der Waals surface area contributed by atoms with Crippen molar-refractivity contribution >= 4 is 53.4 Å². The van der Waals surface area contributed by atoms with Gasteiger partial charge in [0, 0.05) is 42.7 Å². The minimum Gasteiger partial charge on any atom is -0.356 e. The molecule has 3 fully saturated rings. The third-order valence-corrected chi connectivity index (χ3v) is 7.45. The van der Waals surface area contributed by atoms with Crippen LogP contribution in [0.15, 0.2) is 35.3 Å². The summed E-state index contributed by atoms with van der Waals surface area (Å²) in [5.74, 6) is 0.573. The zero-order valence-electron chi connectivity index (χ0n) is 17.8. The second kappa shape index (κ2) is 9.29. The molecule has 1 heterocycles. The van der Waals surface area contributed by atoms with Crippen LogP contribution in [0, 0.1) is 29.5 Å². The number of rotatable bonds is 6. The number of guanidine groups is 1. The van der Waals surface area contributed by atoms with Crippen molar-refractivity contribution in [1.29, 1.82) is 0 Å². The smallest absolute Gasteiger partial charge is 0.233 e. The molecule has 0 spiro atoms.